The SMILES string of the molecule is CCCCCCCC(=O)O.OCCCC(CO)CO. The molecule has 0 aliphatic carbocycles. The lowest BCUT2D eigenvalue weighted by Crippen LogP contribution is -2.11. The van der Waals surface area contributed by atoms with Crippen molar-refractivity contribution in [1.29, 1.82) is 0 Å². The smallest absolute Gasteiger partial charge is 0.303 e. The van der Waals surface area contributed by atoms with Crippen LogP contribution in [0.4, 0.5) is 0 Å². The van der Waals surface area contributed by atoms with E-state index in [1.165, 1.54) is 19.3 Å². The first-order valence-corrected chi connectivity index (χ1v) is 7.16. The van der Waals surface area contributed by atoms with Gasteiger partial charge >= 0.3 is 5.97 Å². The number of carboxylic acids is 1. The second-order valence-electron chi connectivity index (χ2n) is 4.65. The van der Waals surface area contributed by atoms with E-state index in [0.717, 1.165) is 12.8 Å². The fourth-order valence-corrected chi connectivity index (χ4v) is 1.50. The van der Waals surface area contributed by atoms with Gasteiger partial charge in [0, 0.05) is 32.2 Å². The van der Waals surface area contributed by atoms with E-state index in [4.69, 9.17) is 20.4 Å². The molecule has 0 aromatic carbocycles. The van der Waals surface area contributed by atoms with Crippen LogP contribution >= 0.6 is 0 Å². The summed E-state index contributed by atoms with van der Waals surface area (Å²) in [4.78, 5) is 10.0. The number of aliphatic hydroxyl groups is 3. The monoisotopic (exact) mass is 278 g/mol. The van der Waals surface area contributed by atoms with Gasteiger partial charge < -0.3 is 20.4 Å². The van der Waals surface area contributed by atoms with E-state index < -0.39 is 5.97 Å². The van der Waals surface area contributed by atoms with Gasteiger partial charge in [-0.1, -0.05) is 32.6 Å². The molecular formula is C14H30O5. The van der Waals surface area contributed by atoms with Gasteiger partial charge in [-0.15, -0.1) is 0 Å². The number of carboxylic acid groups (broad SMARTS) is 1. The molecule has 5 heteroatoms. The molecule has 0 spiro atoms. The standard InChI is InChI=1S/C8H16O2.C6H14O3/c1-2-3-4-5-6-7-8(9)10;7-3-1-2-6(4-8)5-9/h2-7H2,1H3,(H,9,10);6-9H,1-5H2. The highest BCUT2D eigenvalue weighted by Crippen LogP contribution is 2.04. The number of carbonyl (C=O) groups is 1. The maximum absolute atomic E-state index is 10.0. The highest BCUT2D eigenvalue weighted by molar-refractivity contribution is 5.66. The van der Waals surface area contributed by atoms with Crippen molar-refractivity contribution in [3.63, 3.8) is 0 Å². The molecule has 0 aliphatic rings. The van der Waals surface area contributed by atoms with Crippen LogP contribution in [0.2, 0.25) is 0 Å². The van der Waals surface area contributed by atoms with Crippen LogP contribution in [0.15, 0.2) is 0 Å². The number of aliphatic carboxylic acids is 1. The van der Waals surface area contributed by atoms with Crippen LogP contribution in [-0.2, 0) is 4.79 Å². The van der Waals surface area contributed by atoms with Crippen LogP contribution in [0, 0.1) is 5.92 Å². The lowest BCUT2D eigenvalue weighted by Gasteiger charge is -2.07. The van der Waals surface area contributed by atoms with Crippen LogP contribution in [0.25, 0.3) is 0 Å². The molecule has 0 radical (unpaired) electrons. The Morgan fingerprint density at radius 2 is 1.53 bits per heavy atom. The maximum Gasteiger partial charge on any atom is 0.303 e. The van der Waals surface area contributed by atoms with Crippen molar-refractivity contribution in [2.75, 3.05) is 19.8 Å². The van der Waals surface area contributed by atoms with Gasteiger partial charge in [-0.05, 0) is 19.3 Å². The molecule has 19 heavy (non-hydrogen) atoms. The molecule has 0 heterocycles. The van der Waals surface area contributed by atoms with Gasteiger partial charge in [0.15, 0.2) is 0 Å². The van der Waals surface area contributed by atoms with E-state index in [1.807, 2.05) is 0 Å². The van der Waals surface area contributed by atoms with Crippen molar-refractivity contribution < 1.29 is 25.2 Å². The third-order valence-electron chi connectivity index (χ3n) is 2.78. The van der Waals surface area contributed by atoms with E-state index in [9.17, 15) is 4.79 Å². The molecule has 0 fully saturated rings. The number of aliphatic hydroxyl groups excluding tert-OH is 3. The number of hydrogen-bond acceptors (Lipinski definition) is 4. The molecule has 116 valence electrons. The average molecular weight is 278 g/mol. The van der Waals surface area contributed by atoms with Gasteiger partial charge in [0.1, 0.15) is 0 Å². The lowest BCUT2D eigenvalue weighted by molar-refractivity contribution is -0.137. The highest BCUT2D eigenvalue weighted by Gasteiger charge is 2.03. The van der Waals surface area contributed by atoms with Gasteiger partial charge in [0.05, 0.1) is 0 Å². The Balaban J connectivity index is 0. The average Bonchev–Trinajstić information content (AvgIpc) is 2.40. The van der Waals surface area contributed by atoms with Crippen molar-refractivity contribution in [3.8, 4) is 0 Å². The maximum atomic E-state index is 10.0. The minimum atomic E-state index is -0.670. The Bertz CT molecular complexity index is 181. The number of rotatable bonds is 11. The molecular weight excluding hydrogens is 248 g/mol. The van der Waals surface area contributed by atoms with Crippen molar-refractivity contribution in [2.45, 2.75) is 58.3 Å². The van der Waals surface area contributed by atoms with Crippen LogP contribution in [0.1, 0.15) is 58.3 Å². The minimum Gasteiger partial charge on any atom is -0.481 e. The highest BCUT2D eigenvalue weighted by atomic mass is 16.4. The molecule has 0 atom stereocenters. The van der Waals surface area contributed by atoms with Gasteiger partial charge in [0.25, 0.3) is 0 Å². The Hall–Kier alpha value is -0.650. The molecule has 0 saturated heterocycles. The fraction of sp³-hybridized carbons (Fsp3) is 0.929. The lowest BCUT2D eigenvalue weighted by atomic mass is 10.1. The summed E-state index contributed by atoms with van der Waals surface area (Å²) in [5.74, 6) is -0.714. The first kappa shape index (κ1) is 20.7. The normalized spacial score (nSPS) is 10.2. The summed E-state index contributed by atoms with van der Waals surface area (Å²) < 4.78 is 0. The molecule has 0 aromatic rings. The summed E-state index contributed by atoms with van der Waals surface area (Å²) >= 11 is 0. The summed E-state index contributed by atoms with van der Waals surface area (Å²) in [7, 11) is 0. The van der Waals surface area contributed by atoms with E-state index >= 15 is 0 Å². The summed E-state index contributed by atoms with van der Waals surface area (Å²) in [6.45, 7) is 2.31. The van der Waals surface area contributed by atoms with Crippen molar-refractivity contribution >= 4 is 5.97 Å². The quantitative estimate of drug-likeness (QED) is 0.432. The van der Waals surface area contributed by atoms with E-state index in [1.54, 1.807) is 0 Å². The predicted octanol–water partition coefficient (Wildman–Crippen LogP) is 1.79. The number of unbranched alkanes of at least 4 members (excludes halogenated alkanes) is 4. The van der Waals surface area contributed by atoms with E-state index in [2.05, 4.69) is 6.92 Å². The zero-order chi connectivity index (χ0) is 14.9. The fourth-order valence-electron chi connectivity index (χ4n) is 1.50. The van der Waals surface area contributed by atoms with Crippen LogP contribution in [0.3, 0.4) is 0 Å². The van der Waals surface area contributed by atoms with Crippen molar-refractivity contribution in [3.05, 3.63) is 0 Å². The Morgan fingerprint density at radius 1 is 0.947 bits per heavy atom. The van der Waals surface area contributed by atoms with Crippen molar-refractivity contribution in [2.24, 2.45) is 5.92 Å². The third kappa shape index (κ3) is 19.9. The zero-order valence-corrected chi connectivity index (χ0v) is 12.1. The van der Waals surface area contributed by atoms with Gasteiger partial charge in [0.2, 0.25) is 0 Å². The van der Waals surface area contributed by atoms with Gasteiger partial charge in [-0.3, -0.25) is 4.79 Å². The molecule has 0 amide bonds. The summed E-state index contributed by atoms with van der Waals surface area (Å²) in [6, 6.07) is 0. The topological polar surface area (TPSA) is 98.0 Å². The first-order valence-electron chi connectivity index (χ1n) is 7.16. The second kappa shape index (κ2) is 17.4. The summed E-state index contributed by atoms with van der Waals surface area (Å²) in [5.41, 5.74) is 0. The number of hydrogen-bond donors (Lipinski definition) is 4. The largest absolute Gasteiger partial charge is 0.481 e. The molecule has 0 aromatic heterocycles. The summed E-state index contributed by atoms with van der Waals surface area (Å²) in [6.07, 6.45) is 7.24. The molecule has 4 N–H and O–H groups in total. The van der Waals surface area contributed by atoms with E-state index in [-0.39, 0.29) is 25.7 Å². The summed E-state index contributed by atoms with van der Waals surface area (Å²) in [5, 5.41) is 33.6. The Morgan fingerprint density at radius 3 is 1.95 bits per heavy atom. The Kier molecular flexibility index (Phi) is 18.9. The Labute approximate surface area is 116 Å². The predicted molar refractivity (Wildman–Crippen MR) is 75.0 cm³/mol. The molecule has 0 saturated carbocycles. The molecule has 0 aliphatic heterocycles. The molecule has 0 bridgehead atoms. The zero-order valence-electron chi connectivity index (χ0n) is 12.1. The first-order chi connectivity index (χ1) is 9.12. The van der Waals surface area contributed by atoms with Gasteiger partial charge in [-0.2, -0.15) is 0 Å². The van der Waals surface area contributed by atoms with Crippen LogP contribution < -0.4 is 0 Å². The van der Waals surface area contributed by atoms with E-state index in [0.29, 0.717) is 19.3 Å². The van der Waals surface area contributed by atoms with Crippen molar-refractivity contribution in [1.82, 2.24) is 0 Å². The second-order valence-corrected chi connectivity index (χ2v) is 4.65. The molecule has 0 rings (SSSR count). The molecule has 0 unspecified atom stereocenters. The molecule has 5 nitrogen and oxygen atoms in total. The van der Waals surface area contributed by atoms with Crippen LogP contribution in [0.5, 0.6) is 0 Å². The van der Waals surface area contributed by atoms with Gasteiger partial charge in [-0.25, -0.2) is 0 Å². The minimum absolute atomic E-state index is 0.0104. The van der Waals surface area contributed by atoms with Crippen LogP contribution in [-0.4, -0.2) is 46.2 Å². The third-order valence-corrected chi connectivity index (χ3v) is 2.78.